The molecule has 1 saturated heterocycles. The zero-order valence-electron chi connectivity index (χ0n) is 18.0. The molecule has 2 atom stereocenters. The number of nitrogens with zero attached hydrogens (tertiary/aromatic N) is 1. The number of hydrogen-bond acceptors (Lipinski definition) is 2. The minimum atomic E-state index is 0.224. The second-order valence-corrected chi connectivity index (χ2v) is 10.00. The highest BCUT2D eigenvalue weighted by molar-refractivity contribution is 5.82. The summed E-state index contributed by atoms with van der Waals surface area (Å²) in [6.07, 6.45) is 8.75. The lowest BCUT2D eigenvalue weighted by Gasteiger charge is -2.47. The van der Waals surface area contributed by atoms with Crippen molar-refractivity contribution in [2.24, 2.45) is 11.8 Å². The van der Waals surface area contributed by atoms with Gasteiger partial charge in [-0.15, -0.1) is 0 Å². The number of likely N-dealkylation sites (tertiary alicyclic amines) is 1. The molecule has 1 aliphatic heterocycles. The van der Waals surface area contributed by atoms with Crippen LogP contribution in [0.25, 0.3) is 10.8 Å². The number of fused-ring (bicyclic) bond motifs is 1. The maximum atomic E-state index is 6.67. The fourth-order valence-electron chi connectivity index (χ4n) is 5.35. The molecule has 4 rings (SSSR count). The summed E-state index contributed by atoms with van der Waals surface area (Å²) in [6.45, 7) is 10.1. The predicted molar refractivity (Wildman–Crippen MR) is 119 cm³/mol. The molecule has 2 aromatic rings. The molecule has 0 bridgehead atoms. The molecule has 2 unspecified atom stereocenters. The predicted octanol–water partition coefficient (Wildman–Crippen LogP) is 6.43. The Hall–Kier alpha value is -1.38. The van der Waals surface area contributed by atoms with Gasteiger partial charge in [0.15, 0.2) is 0 Å². The second-order valence-electron chi connectivity index (χ2n) is 10.00. The van der Waals surface area contributed by atoms with Gasteiger partial charge < -0.3 is 4.74 Å². The van der Waals surface area contributed by atoms with E-state index >= 15 is 0 Å². The summed E-state index contributed by atoms with van der Waals surface area (Å²) in [7, 11) is 0. The van der Waals surface area contributed by atoms with Crippen LogP contribution in [-0.2, 0) is 11.3 Å². The third kappa shape index (κ3) is 4.60. The van der Waals surface area contributed by atoms with Crippen LogP contribution in [0.4, 0.5) is 0 Å². The van der Waals surface area contributed by atoms with Gasteiger partial charge in [0.2, 0.25) is 0 Å². The van der Waals surface area contributed by atoms with Crippen molar-refractivity contribution in [3.63, 3.8) is 0 Å². The molecule has 0 aromatic heterocycles. The Morgan fingerprint density at radius 1 is 0.929 bits per heavy atom. The molecule has 0 radical (unpaired) electrons. The van der Waals surface area contributed by atoms with Crippen LogP contribution in [0.1, 0.15) is 64.9 Å². The van der Waals surface area contributed by atoms with E-state index < -0.39 is 0 Å². The Morgan fingerprint density at radius 3 is 2.43 bits per heavy atom. The fourth-order valence-corrected chi connectivity index (χ4v) is 5.35. The topological polar surface area (TPSA) is 12.5 Å². The van der Waals surface area contributed by atoms with Gasteiger partial charge in [0.05, 0.1) is 12.7 Å². The van der Waals surface area contributed by atoms with Crippen molar-refractivity contribution in [3.05, 3.63) is 48.0 Å². The molecular weight excluding hydrogens is 342 g/mol. The van der Waals surface area contributed by atoms with Gasteiger partial charge >= 0.3 is 0 Å². The van der Waals surface area contributed by atoms with E-state index in [0.717, 1.165) is 25.0 Å². The monoisotopic (exact) mass is 379 g/mol. The molecule has 0 amide bonds. The summed E-state index contributed by atoms with van der Waals surface area (Å²) < 4.78 is 6.67. The quantitative estimate of drug-likeness (QED) is 0.607. The largest absolute Gasteiger partial charge is 0.372 e. The minimum Gasteiger partial charge on any atom is -0.372 e. The van der Waals surface area contributed by atoms with E-state index in [4.69, 9.17) is 4.74 Å². The van der Waals surface area contributed by atoms with Crippen LogP contribution in [0.5, 0.6) is 0 Å². The Bertz CT molecular complexity index is 771. The minimum absolute atomic E-state index is 0.224. The van der Waals surface area contributed by atoms with Crippen molar-refractivity contribution in [1.29, 1.82) is 0 Å². The number of ether oxygens (including phenoxy) is 1. The first-order valence-electron chi connectivity index (χ1n) is 11.3. The molecule has 152 valence electrons. The lowest BCUT2D eigenvalue weighted by molar-refractivity contribution is -0.0856. The smallest absolute Gasteiger partial charge is 0.0737 e. The number of piperidine rings is 1. The number of benzene rings is 2. The molecular formula is C26H37NO. The number of rotatable bonds is 4. The van der Waals surface area contributed by atoms with Gasteiger partial charge in [-0.2, -0.15) is 0 Å². The van der Waals surface area contributed by atoms with E-state index in [9.17, 15) is 0 Å². The zero-order chi connectivity index (χ0) is 19.6. The second kappa shape index (κ2) is 8.55. The van der Waals surface area contributed by atoms with E-state index in [1.807, 2.05) is 0 Å². The van der Waals surface area contributed by atoms with E-state index in [2.05, 4.69) is 68.1 Å². The van der Waals surface area contributed by atoms with Crippen molar-refractivity contribution in [3.8, 4) is 0 Å². The molecule has 2 aliphatic rings. The van der Waals surface area contributed by atoms with Crippen LogP contribution in [0, 0.1) is 11.8 Å². The van der Waals surface area contributed by atoms with Crippen LogP contribution in [0.15, 0.2) is 42.5 Å². The zero-order valence-corrected chi connectivity index (χ0v) is 18.0. The Balaban J connectivity index is 1.47. The fraction of sp³-hybridized carbons (Fsp3) is 0.615. The molecule has 2 nitrogen and oxygen atoms in total. The van der Waals surface area contributed by atoms with Crippen molar-refractivity contribution >= 4 is 10.8 Å². The van der Waals surface area contributed by atoms with Crippen molar-refractivity contribution < 1.29 is 4.74 Å². The normalized spacial score (nSPS) is 25.2. The van der Waals surface area contributed by atoms with Crippen LogP contribution in [0.2, 0.25) is 0 Å². The van der Waals surface area contributed by atoms with Gasteiger partial charge in [-0.3, -0.25) is 4.90 Å². The summed E-state index contributed by atoms with van der Waals surface area (Å²) in [4.78, 5) is 2.64. The third-order valence-corrected chi connectivity index (χ3v) is 7.09. The highest BCUT2D eigenvalue weighted by Crippen LogP contribution is 2.38. The summed E-state index contributed by atoms with van der Waals surface area (Å²) >= 11 is 0. The maximum Gasteiger partial charge on any atom is 0.0737 e. The third-order valence-electron chi connectivity index (χ3n) is 7.09. The highest BCUT2D eigenvalue weighted by atomic mass is 16.5. The van der Waals surface area contributed by atoms with Crippen molar-refractivity contribution in [2.75, 3.05) is 13.1 Å². The van der Waals surface area contributed by atoms with Gasteiger partial charge in [-0.1, -0.05) is 68.5 Å². The molecule has 1 aliphatic carbocycles. The van der Waals surface area contributed by atoms with Crippen LogP contribution in [0.3, 0.4) is 0 Å². The molecule has 0 spiro atoms. The van der Waals surface area contributed by atoms with E-state index in [1.165, 1.54) is 61.4 Å². The molecule has 1 heterocycles. The van der Waals surface area contributed by atoms with Gasteiger partial charge in [-0.25, -0.2) is 0 Å². The average molecular weight is 380 g/mol. The first-order chi connectivity index (χ1) is 13.5. The molecule has 2 heteroatoms. The highest BCUT2D eigenvalue weighted by Gasteiger charge is 2.38. The summed E-state index contributed by atoms with van der Waals surface area (Å²) in [5.74, 6) is 1.61. The van der Waals surface area contributed by atoms with Gasteiger partial charge in [-0.05, 0) is 68.0 Å². The Morgan fingerprint density at radius 2 is 1.68 bits per heavy atom. The van der Waals surface area contributed by atoms with Gasteiger partial charge in [0, 0.05) is 12.1 Å². The summed E-state index contributed by atoms with van der Waals surface area (Å²) in [6, 6.07) is 15.4. The molecule has 2 fully saturated rings. The Labute approximate surface area is 171 Å². The standard InChI is InChI=1S/C26H37NO/c1-26(2,3)27-16-15-24(22-10-5-4-6-11-22)25(18-27)28-19-20-13-14-21-9-7-8-12-23(21)17-20/h7-9,12-14,17,22,24-25H,4-6,10-11,15-16,18-19H2,1-3H3. The van der Waals surface area contributed by atoms with Crippen molar-refractivity contribution in [1.82, 2.24) is 4.90 Å². The average Bonchev–Trinajstić information content (AvgIpc) is 2.72. The molecule has 2 aromatic carbocycles. The lowest BCUT2D eigenvalue weighted by Crippen LogP contribution is -2.54. The summed E-state index contributed by atoms with van der Waals surface area (Å²) in [5.41, 5.74) is 1.52. The van der Waals surface area contributed by atoms with Crippen LogP contribution in [-0.4, -0.2) is 29.6 Å². The van der Waals surface area contributed by atoms with Gasteiger partial charge in [0.25, 0.3) is 0 Å². The van der Waals surface area contributed by atoms with Crippen molar-refractivity contribution in [2.45, 2.75) is 77.5 Å². The van der Waals surface area contributed by atoms with E-state index in [0.29, 0.717) is 6.10 Å². The molecule has 0 N–H and O–H groups in total. The van der Waals surface area contributed by atoms with E-state index in [-0.39, 0.29) is 5.54 Å². The lowest BCUT2D eigenvalue weighted by atomic mass is 9.74. The maximum absolute atomic E-state index is 6.67. The first kappa shape index (κ1) is 19.9. The SMILES string of the molecule is CC(C)(C)N1CCC(C2CCCCC2)C(OCc2ccc3ccccc3c2)C1. The van der Waals surface area contributed by atoms with Crippen LogP contribution >= 0.6 is 0 Å². The first-order valence-corrected chi connectivity index (χ1v) is 11.3. The summed E-state index contributed by atoms with van der Waals surface area (Å²) in [5, 5.41) is 2.62. The molecule has 1 saturated carbocycles. The Kier molecular flexibility index (Phi) is 6.08. The van der Waals surface area contributed by atoms with Crippen LogP contribution < -0.4 is 0 Å². The van der Waals surface area contributed by atoms with E-state index in [1.54, 1.807) is 0 Å². The number of hydrogen-bond donors (Lipinski definition) is 0. The van der Waals surface area contributed by atoms with Gasteiger partial charge in [0.1, 0.15) is 0 Å². The molecule has 28 heavy (non-hydrogen) atoms.